The summed E-state index contributed by atoms with van der Waals surface area (Å²) in [5, 5.41) is 6.83. The lowest BCUT2D eigenvalue weighted by Gasteiger charge is -2.28. The zero-order chi connectivity index (χ0) is 24.9. The number of aromatic nitrogens is 1. The minimum atomic E-state index is -0.248. The van der Waals surface area contributed by atoms with E-state index < -0.39 is 0 Å². The van der Waals surface area contributed by atoms with Crippen LogP contribution in [0.25, 0.3) is 6.08 Å². The van der Waals surface area contributed by atoms with Crippen molar-refractivity contribution in [3.63, 3.8) is 0 Å². The average molecular weight is 476 g/mol. The lowest BCUT2D eigenvalue weighted by molar-refractivity contribution is -0.116. The molecule has 0 atom stereocenters. The van der Waals surface area contributed by atoms with Crippen molar-refractivity contribution in [2.24, 2.45) is 0 Å². The molecule has 2 heterocycles. The van der Waals surface area contributed by atoms with Crippen LogP contribution in [0.2, 0.25) is 0 Å². The molecule has 182 valence electrons. The number of ether oxygens (including phenoxy) is 2. The lowest BCUT2D eigenvalue weighted by atomic mass is 10.0. The highest BCUT2D eigenvalue weighted by atomic mass is 16.5. The number of amides is 2. The Balaban J connectivity index is 1.40. The molecular formula is C27H29N3O5. The van der Waals surface area contributed by atoms with Crippen LogP contribution in [-0.2, 0) is 22.6 Å². The van der Waals surface area contributed by atoms with Gasteiger partial charge in [-0.1, -0.05) is 11.2 Å². The van der Waals surface area contributed by atoms with Crippen LogP contribution < -0.4 is 19.7 Å². The third kappa shape index (κ3) is 5.54. The van der Waals surface area contributed by atoms with Gasteiger partial charge < -0.3 is 24.2 Å². The van der Waals surface area contributed by atoms with Crippen molar-refractivity contribution in [1.82, 2.24) is 5.16 Å². The zero-order valence-electron chi connectivity index (χ0n) is 20.4. The van der Waals surface area contributed by atoms with Crippen molar-refractivity contribution in [3.8, 4) is 11.5 Å². The standard InChI is InChI=1S/C27H29N3O5/c1-17-23(18(2)35-29-17)16-34-25-11-7-20(14-26(25)33-4)8-12-27(32)28-22-9-10-24-21(15-22)6-5-13-30(24)19(3)31/h7-12,14-15H,5-6,13,16H2,1-4H3,(H,28,32)/b12-8+. The molecule has 4 rings (SSSR count). The van der Waals surface area contributed by atoms with E-state index in [1.807, 2.05) is 44.2 Å². The van der Waals surface area contributed by atoms with E-state index in [1.165, 1.54) is 6.08 Å². The minimum Gasteiger partial charge on any atom is -0.493 e. The Kier molecular flexibility index (Phi) is 7.19. The molecule has 1 aliphatic heterocycles. The van der Waals surface area contributed by atoms with Crippen molar-refractivity contribution < 1.29 is 23.6 Å². The van der Waals surface area contributed by atoms with Gasteiger partial charge in [-0.2, -0.15) is 0 Å². The fourth-order valence-corrected chi connectivity index (χ4v) is 4.12. The Morgan fingerprint density at radius 1 is 1.17 bits per heavy atom. The van der Waals surface area contributed by atoms with Gasteiger partial charge >= 0.3 is 0 Å². The number of aryl methyl sites for hydroxylation is 3. The number of methoxy groups -OCH3 is 1. The molecule has 0 unspecified atom stereocenters. The first-order valence-corrected chi connectivity index (χ1v) is 11.5. The summed E-state index contributed by atoms with van der Waals surface area (Å²) in [6.45, 7) is 6.34. The lowest BCUT2D eigenvalue weighted by Crippen LogP contribution is -2.33. The van der Waals surface area contributed by atoms with E-state index in [4.69, 9.17) is 14.0 Å². The van der Waals surface area contributed by atoms with Crippen LogP contribution in [0, 0.1) is 13.8 Å². The van der Waals surface area contributed by atoms with Gasteiger partial charge in [0, 0.05) is 30.9 Å². The number of benzene rings is 2. The maximum atomic E-state index is 12.5. The number of hydrogen-bond acceptors (Lipinski definition) is 6. The summed E-state index contributed by atoms with van der Waals surface area (Å²) in [5.74, 6) is 1.65. The quantitative estimate of drug-likeness (QED) is 0.492. The molecule has 0 spiro atoms. The molecule has 0 aliphatic carbocycles. The number of carbonyl (C=O) groups is 2. The van der Waals surface area contributed by atoms with E-state index in [1.54, 1.807) is 31.1 Å². The van der Waals surface area contributed by atoms with Crippen molar-refractivity contribution in [3.05, 3.63) is 70.6 Å². The highest BCUT2D eigenvalue weighted by Crippen LogP contribution is 2.31. The van der Waals surface area contributed by atoms with Gasteiger partial charge in [0.25, 0.3) is 0 Å². The number of carbonyl (C=O) groups excluding carboxylic acids is 2. The van der Waals surface area contributed by atoms with E-state index in [0.717, 1.165) is 53.2 Å². The Morgan fingerprint density at radius 3 is 2.71 bits per heavy atom. The van der Waals surface area contributed by atoms with Crippen LogP contribution in [0.4, 0.5) is 11.4 Å². The monoisotopic (exact) mass is 475 g/mol. The maximum absolute atomic E-state index is 12.5. The average Bonchev–Trinajstić information content (AvgIpc) is 3.17. The normalized spacial score (nSPS) is 13.0. The summed E-state index contributed by atoms with van der Waals surface area (Å²) in [4.78, 5) is 26.1. The molecule has 1 aliphatic rings. The van der Waals surface area contributed by atoms with Crippen molar-refractivity contribution >= 4 is 29.3 Å². The molecule has 0 radical (unpaired) electrons. The summed E-state index contributed by atoms with van der Waals surface area (Å²) >= 11 is 0. The minimum absolute atomic E-state index is 0.0289. The highest BCUT2D eigenvalue weighted by molar-refractivity contribution is 6.02. The van der Waals surface area contributed by atoms with Crippen LogP contribution in [0.3, 0.4) is 0 Å². The molecule has 3 aromatic rings. The first-order valence-electron chi connectivity index (χ1n) is 11.5. The predicted octanol–water partition coefficient (Wildman–Crippen LogP) is 4.83. The highest BCUT2D eigenvalue weighted by Gasteiger charge is 2.20. The van der Waals surface area contributed by atoms with Crippen LogP contribution in [-0.4, -0.2) is 30.6 Å². The number of rotatable bonds is 7. The van der Waals surface area contributed by atoms with E-state index in [-0.39, 0.29) is 11.8 Å². The molecular weight excluding hydrogens is 446 g/mol. The van der Waals surface area contributed by atoms with Gasteiger partial charge in [0.2, 0.25) is 11.8 Å². The molecule has 1 N–H and O–H groups in total. The molecule has 1 aromatic heterocycles. The summed E-state index contributed by atoms with van der Waals surface area (Å²) in [6.07, 6.45) is 4.97. The van der Waals surface area contributed by atoms with Crippen LogP contribution in [0.15, 0.2) is 47.0 Å². The third-order valence-electron chi connectivity index (χ3n) is 6.01. The van der Waals surface area contributed by atoms with E-state index in [2.05, 4.69) is 10.5 Å². The van der Waals surface area contributed by atoms with Gasteiger partial charge in [-0.15, -0.1) is 0 Å². The van der Waals surface area contributed by atoms with E-state index >= 15 is 0 Å². The zero-order valence-corrected chi connectivity index (χ0v) is 20.4. The summed E-state index contributed by atoms with van der Waals surface area (Å²) < 4.78 is 16.6. The van der Waals surface area contributed by atoms with Crippen molar-refractivity contribution in [2.45, 2.75) is 40.2 Å². The van der Waals surface area contributed by atoms with E-state index in [0.29, 0.717) is 23.8 Å². The molecule has 8 heteroatoms. The SMILES string of the molecule is COc1cc(/C=C/C(=O)Nc2ccc3c(c2)CCCN3C(C)=O)ccc1OCc1c(C)noc1C. The Bertz CT molecular complexity index is 1260. The van der Waals surface area contributed by atoms with Gasteiger partial charge in [0.05, 0.1) is 18.4 Å². The van der Waals surface area contributed by atoms with Crippen LogP contribution >= 0.6 is 0 Å². The number of hydrogen-bond donors (Lipinski definition) is 1. The summed E-state index contributed by atoms with van der Waals surface area (Å²) in [6, 6.07) is 11.1. The van der Waals surface area contributed by atoms with Gasteiger partial charge in [-0.05, 0) is 74.2 Å². The summed E-state index contributed by atoms with van der Waals surface area (Å²) in [7, 11) is 1.57. The van der Waals surface area contributed by atoms with Gasteiger partial charge in [0.15, 0.2) is 11.5 Å². The molecule has 2 aromatic carbocycles. The topological polar surface area (TPSA) is 93.9 Å². The van der Waals surface area contributed by atoms with Gasteiger partial charge in [0.1, 0.15) is 12.4 Å². The summed E-state index contributed by atoms with van der Waals surface area (Å²) in [5.41, 5.74) is 5.17. The van der Waals surface area contributed by atoms with Crippen LogP contribution in [0.5, 0.6) is 11.5 Å². The van der Waals surface area contributed by atoms with E-state index in [9.17, 15) is 9.59 Å². The molecule has 8 nitrogen and oxygen atoms in total. The van der Waals surface area contributed by atoms with Crippen LogP contribution in [0.1, 0.15) is 41.5 Å². The van der Waals surface area contributed by atoms with Gasteiger partial charge in [-0.3, -0.25) is 9.59 Å². The second kappa shape index (κ2) is 10.5. The Labute approximate surface area is 204 Å². The third-order valence-corrected chi connectivity index (χ3v) is 6.01. The molecule has 0 bridgehead atoms. The Morgan fingerprint density at radius 2 is 2.00 bits per heavy atom. The molecule has 0 fully saturated rings. The molecule has 0 saturated carbocycles. The van der Waals surface area contributed by atoms with Gasteiger partial charge in [-0.25, -0.2) is 0 Å². The second-order valence-corrected chi connectivity index (χ2v) is 8.44. The van der Waals surface area contributed by atoms with Crippen molar-refractivity contribution in [2.75, 3.05) is 23.9 Å². The first-order chi connectivity index (χ1) is 16.9. The fourth-order valence-electron chi connectivity index (χ4n) is 4.12. The number of anilines is 2. The van der Waals surface area contributed by atoms with Crippen molar-refractivity contribution in [1.29, 1.82) is 0 Å². The number of fused-ring (bicyclic) bond motifs is 1. The fraction of sp³-hybridized carbons (Fsp3) is 0.296. The first kappa shape index (κ1) is 24.1. The molecule has 2 amide bonds. The number of nitrogens with zero attached hydrogens (tertiary/aromatic N) is 2. The molecule has 35 heavy (non-hydrogen) atoms. The predicted molar refractivity (Wildman–Crippen MR) is 134 cm³/mol. The smallest absolute Gasteiger partial charge is 0.248 e. The number of nitrogens with one attached hydrogen (secondary N) is 1. The molecule has 0 saturated heterocycles. The Hall–Kier alpha value is -4.07. The largest absolute Gasteiger partial charge is 0.493 e. The second-order valence-electron chi connectivity index (χ2n) is 8.44. The maximum Gasteiger partial charge on any atom is 0.248 e.